The van der Waals surface area contributed by atoms with E-state index in [-0.39, 0.29) is 12.4 Å². The van der Waals surface area contributed by atoms with Crippen LogP contribution in [0, 0.1) is 24.6 Å². The van der Waals surface area contributed by atoms with Crippen molar-refractivity contribution in [1.29, 1.82) is 0 Å². The standard InChI is InChI=1S/C15H14FNOS/c1-11-15(6-8-18-11)19-10-12-4-5-14(16)13(9-12)3-2-7-17/h4-6,8-9H,7,10,17H2,1H3. The van der Waals surface area contributed by atoms with Gasteiger partial charge in [0.15, 0.2) is 0 Å². The summed E-state index contributed by atoms with van der Waals surface area (Å²) in [5.41, 5.74) is 6.71. The fourth-order valence-corrected chi connectivity index (χ4v) is 2.49. The summed E-state index contributed by atoms with van der Waals surface area (Å²) in [6, 6.07) is 6.91. The second kappa shape index (κ2) is 6.46. The average molecular weight is 275 g/mol. The molecule has 0 radical (unpaired) electrons. The molecule has 19 heavy (non-hydrogen) atoms. The third-order valence-electron chi connectivity index (χ3n) is 2.56. The Hall–Kier alpha value is -1.70. The first-order chi connectivity index (χ1) is 9.20. The second-order valence-electron chi connectivity index (χ2n) is 3.95. The molecule has 0 saturated carbocycles. The molecule has 0 aliphatic rings. The molecule has 0 aliphatic heterocycles. The van der Waals surface area contributed by atoms with E-state index in [2.05, 4.69) is 11.8 Å². The van der Waals surface area contributed by atoms with Crippen molar-refractivity contribution in [2.45, 2.75) is 17.6 Å². The molecule has 2 rings (SSSR count). The highest BCUT2D eigenvalue weighted by Crippen LogP contribution is 2.27. The lowest BCUT2D eigenvalue weighted by atomic mass is 10.1. The number of furan rings is 1. The number of hydrogen-bond acceptors (Lipinski definition) is 3. The maximum Gasteiger partial charge on any atom is 0.138 e. The van der Waals surface area contributed by atoms with Crippen LogP contribution in [-0.2, 0) is 5.75 Å². The minimum absolute atomic E-state index is 0.229. The monoisotopic (exact) mass is 275 g/mol. The van der Waals surface area contributed by atoms with E-state index in [0.717, 1.165) is 22.0 Å². The maximum absolute atomic E-state index is 13.5. The molecular formula is C15H14FNOS. The van der Waals surface area contributed by atoms with Crippen LogP contribution in [0.1, 0.15) is 16.9 Å². The number of benzene rings is 1. The molecule has 2 aromatic rings. The van der Waals surface area contributed by atoms with Crippen LogP contribution in [0.25, 0.3) is 0 Å². The Kier molecular flexibility index (Phi) is 4.67. The highest BCUT2D eigenvalue weighted by Gasteiger charge is 2.05. The fraction of sp³-hybridized carbons (Fsp3) is 0.200. The van der Waals surface area contributed by atoms with E-state index in [4.69, 9.17) is 10.2 Å². The lowest BCUT2D eigenvalue weighted by Gasteiger charge is -2.02. The summed E-state index contributed by atoms with van der Waals surface area (Å²) in [4.78, 5) is 1.10. The summed E-state index contributed by atoms with van der Waals surface area (Å²) in [7, 11) is 0. The van der Waals surface area contributed by atoms with E-state index in [0.29, 0.717) is 5.56 Å². The third-order valence-corrected chi connectivity index (χ3v) is 3.77. The highest BCUT2D eigenvalue weighted by molar-refractivity contribution is 7.98. The Morgan fingerprint density at radius 3 is 2.89 bits per heavy atom. The number of nitrogens with two attached hydrogens (primary N) is 1. The average Bonchev–Trinajstić information content (AvgIpc) is 2.82. The van der Waals surface area contributed by atoms with Crippen molar-refractivity contribution in [3.05, 3.63) is 53.2 Å². The van der Waals surface area contributed by atoms with Crippen molar-refractivity contribution in [3.8, 4) is 11.8 Å². The predicted octanol–water partition coefficient (Wildman–Crippen LogP) is 3.33. The fourth-order valence-electron chi connectivity index (χ4n) is 1.59. The zero-order valence-corrected chi connectivity index (χ0v) is 11.4. The molecule has 1 heterocycles. The lowest BCUT2D eigenvalue weighted by molar-refractivity contribution is 0.527. The molecule has 2 N–H and O–H groups in total. The van der Waals surface area contributed by atoms with E-state index < -0.39 is 0 Å². The van der Waals surface area contributed by atoms with Gasteiger partial charge in [-0.25, -0.2) is 4.39 Å². The second-order valence-corrected chi connectivity index (χ2v) is 4.97. The Morgan fingerprint density at radius 1 is 1.37 bits per heavy atom. The van der Waals surface area contributed by atoms with Crippen LogP contribution < -0.4 is 5.73 Å². The molecule has 0 fully saturated rings. The zero-order chi connectivity index (χ0) is 13.7. The van der Waals surface area contributed by atoms with Gasteiger partial charge in [-0.05, 0) is 30.7 Å². The Morgan fingerprint density at radius 2 is 2.21 bits per heavy atom. The first-order valence-corrected chi connectivity index (χ1v) is 6.83. The highest BCUT2D eigenvalue weighted by atomic mass is 32.2. The van der Waals surface area contributed by atoms with E-state index in [1.807, 2.05) is 13.0 Å². The van der Waals surface area contributed by atoms with Crippen molar-refractivity contribution in [3.63, 3.8) is 0 Å². The van der Waals surface area contributed by atoms with Gasteiger partial charge in [0, 0.05) is 10.6 Å². The van der Waals surface area contributed by atoms with Crippen LogP contribution in [-0.4, -0.2) is 6.54 Å². The molecular weight excluding hydrogens is 261 g/mol. The first kappa shape index (κ1) is 13.7. The SMILES string of the molecule is Cc1occc1SCc1ccc(F)c(C#CCN)c1. The number of rotatable bonds is 3. The predicted molar refractivity (Wildman–Crippen MR) is 75.3 cm³/mol. The van der Waals surface area contributed by atoms with Crippen LogP contribution in [0.2, 0.25) is 0 Å². The van der Waals surface area contributed by atoms with Crippen molar-refractivity contribution in [2.75, 3.05) is 6.54 Å². The van der Waals surface area contributed by atoms with Gasteiger partial charge in [-0.2, -0.15) is 0 Å². The largest absolute Gasteiger partial charge is 0.468 e. The summed E-state index contributed by atoms with van der Waals surface area (Å²) in [6.45, 7) is 2.15. The minimum Gasteiger partial charge on any atom is -0.468 e. The van der Waals surface area contributed by atoms with Crippen LogP contribution in [0.5, 0.6) is 0 Å². The van der Waals surface area contributed by atoms with Gasteiger partial charge in [-0.15, -0.1) is 11.8 Å². The molecule has 0 saturated heterocycles. The van der Waals surface area contributed by atoms with Crippen molar-refractivity contribution < 1.29 is 8.81 Å². The molecule has 0 spiro atoms. The van der Waals surface area contributed by atoms with Gasteiger partial charge >= 0.3 is 0 Å². The Labute approximate surface area is 116 Å². The smallest absolute Gasteiger partial charge is 0.138 e. The van der Waals surface area contributed by atoms with E-state index in [1.165, 1.54) is 6.07 Å². The first-order valence-electron chi connectivity index (χ1n) is 5.85. The zero-order valence-electron chi connectivity index (χ0n) is 10.6. The lowest BCUT2D eigenvalue weighted by Crippen LogP contribution is -1.94. The Balaban J connectivity index is 2.11. The quantitative estimate of drug-likeness (QED) is 0.690. The van der Waals surface area contributed by atoms with Crippen LogP contribution >= 0.6 is 11.8 Å². The summed E-state index contributed by atoms with van der Waals surface area (Å²) in [5, 5.41) is 0. The van der Waals surface area contributed by atoms with E-state index >= 15 is 0 Å². The van der Waals surface area contributed by atoms with Crippen LogP contribution in [0.3, 0.4) is 0 Å². The van der Waals surface area contributed by atoms with Gasteiger partial charge in [0.2, 0.25) is 0 Å². The molecule has 1 aromatic carbocycles. The number of thioether (sulfide) groups is 1. The number of aryl methyl sites for hydroxylation is 1. The molecule has 0 aliphatic carbocycles. The van der Waals surface area contributed by atoms with E-state index in [1.54, 1.807) is 30.2 Å². The minimum atomic E-state index is -0.311. The summed E-state index contributed by atoms with van der Waals surface area (Å²) < 4.78 is 18.7. The Bertz CT molecular complexity index is 625. The summed E-state index contributed by atoms with van der Waals surface area (Å²) >= 11 is 1.66. The van der Waals surface area contributed by atoms with Gasteiger partial charge in [0.25, 0.3) is 0 Å². The molecule has 4 heteroatoms. The normalized spacial score (nSPS) is 10.1. The molecule has 0 unspecified atom stereocenters. The summed E-state index contributed by atoms with van der Waals surface area (Å²) in [6.07, 6.45) is 1.67. The van der Waals surface area contributed by atoms with Gasteiger partial charge in [-0.3, -0.25) is 0 Å². The molecule has 2 nitrogen and oxygen atoms in total. The molecule has 1 aromatic heterocycles. The van der Waals surface area contributed by atoms with Crippen molar-refractivity contribution in [1.82, 2.24) is 0 Å². The van der Waals surface area contributed by atoms with Gasteiger partial charge in [-0.1, -0.05) is 17.9 Å². The molecule has 0 atom stereocenters. The van der Waals surface area contributed by atoms with Gasteiger partial charge in [0.1, 0.15) is 11.6 Å². The molecule has 0 amide bonds. The van der Waals surface area contributed by atoms with Crippen LogP contribution in [0.4, 0.5) is 4.39 Å². The van der Waals surface area contributed by atoms with E-state index in [9.17, 15) is 4.39 Å². The van der Waals surface area contributed by atoms with Crippen molar-refractivity contribution >= 4 is 11.8 Å². The number of hydrogen-bond donors (Lipinski definition) is 1. The topological polar surface area (TPSA) is 39.2 Å². The van der Waals surface area contributed by atoms with Gasteiger partial charge < -0.3 is 10.2 Å². The molecule has 0 bridgehead atoms. The maximum atomic E-state index is 13.5. The molecule has 98 valence electrons. The van der Waals surface area contributed by atoms with Crippen molar-refractivity contribution in [2.24, 2.45) is 5.73 Å². The summed E-state index contributed by atoms with van der Waals surface area (Å²) in [5.74, 6) is 6.74. The number of halogens is 1. The van der Waals surface area contributed by atoms with Gasteiger partial charge in [0.05, 0.1) is 18.4 Å². The van der Waals surface area contributed by atoms with Crippen LogP contribution in [0.15, 0.2) is 39.8 Å². The third kappa shape index (κ3) is 3.63.